The Kier molecular flexibility index (Phi) is 1.58. The molecule has 68 valence electrons. The molecule has 0 aromatic carbocycles. The topological polar surface area (TPSA) is 48.5 Å². The van der Waals surface area contributed by atoms with Crippen molar-refractivity contribution in [1.82, 2.24) is 14.2 Å². The lowest BCUT2D eigenvalue weighted by Gasteiger charge is -1.90. The normalized spacial score (nSPS) is 10.6. The fourth-order valence-corrected chi connectivity index (χ4v) is 1.20. The molecule has 0 spiro atoms. The fourth-order valence-electron chi connectivity index (χ4n) is 1.20. The molecular formula is C8H9N3O2. The Balaban J connectivity index is 2.56. The molecule has 0 unspecified atom stereocenters. The van der Waals surface area contributed by atoms with Gasteiger partial charge in [-0.05, 0) is 0 Å². The SMILES string of the molecule is COC(=O)c1cc2n(C)ccn2n1. The van der Waals surface area contributed by atoms with Crippen LogP contribution in [0.3, 0.4) is 0 Å². The van der Waals surface area contributed by atoms with Gasteiger partial charge in [-0.2, -0.15) is 5.10 Å². The molecule has 0 N–H and O–H groups in total. The number of ether oxygens (including phenoxy) is 1. The number of hydrogen-bond acceptors (Lipinski definition) is 3. The maximum absolute atomic E-state index is 11.1. The second-order valence-electron chi connectivity index (χ2n) is 2.73. The molecule has 2 aromatic heterocycles. The van der Waals surface area contributed by atoms with Crippen molar-refractivity contribution >= 4 is 11.6 Å². The van der Waals surface area contributed by atoms with E-state index in [2.05, 4.69) is 9.84 Å². The van der Waals surface area contributed by atoms with Gasteiger partial charge < -0.3 is 9.30 Å². The van der Waals surface area contributed by atoms with Gasteiger partial charge in [0, 0.05) is 25.5 Å². The lowest BCUT2D eigenvalue weighted by atomic mass is 10.4. The Morgan fingerprint density at radius 3 is 2.92 bits per heavy atom. The van der Waals surface area contributed by atoms with Crippen LogP contribution in [0.4, 0.5) is 0 Å². The number of imidazole rings is 1. The zero-order valence-corrected chi connectivity index (χ0v) is 7.39. The molecule has 0 fully saturated rings. The maximum atomic E-state index is 11.1. The van der Waals surface area contributed by atoms with Gasteiger partial charge in [-0.1, -0.05) is 0 Å². The highest BCUT2D eigenvalue weighted by Gasteiger charge is 2.11. The number of fused-ring (bicyclic) bond motifs is 1. The Hall–Kier alpha value is -1.78. The summed E-state index contributed by atoms with van der Waals surface area (Å²) >= 11 is 0. The van der Waals surface area contributed by atoms with Crippen molar-refractivity contribution in [3.05, 3.63) is 24.2 Å². The number of hydrogen-bond donors (Lipinski definition) is 0. The molecule has 2 heterocycles. The van der Waals surface area contributed by atoms with Gasteiger partial charge in [0.1, 0.15) is 5.65 Å². The predicted octanol–water partition coefficient (Wildman–Crippen LogP) is 0.459. The van der Waals surface area contributed by atoms with Gasteiger partial charge in [0.15, 0.2) is 5.69 Å². The van der Waals surface area contributed by atoms with E-state index >= 15 is 0 Å². The first-order valence-corrected chi connectivity index (χ1v) is 3.81. The number of carbonyl (C=O) groups is 1. The zero-order chi connectivity index (χ0) is 9.42. The van der Waals surface area contributed by atoms with Crippen LogP contribution in [0.2, 0.25) is 0 Å². The molecule has 0 saturated carbocycles. The van der Waals surface area contributed by atoms with E-state index in [1.54, 1.807) is 16.8 Å². The molecule has 0 aliphatic carbocycles. The largest absolute Gasteiger partial charge is 0.464 e. The molecule has 5 heteroatoms. The van der Waals surface area contributed by atoms with Gasteiger partial charge in [0.25, 0.3) is 0 Å². The van der Waals surface area contributed by atoms with E-state index in [1.807, 2.05) is 17.8 Å². The first-order valence-electron chi connectivity index (χ1n) is 3.81. The van der Waals surface area contributed by atoms with E-state index in [1.165, 1.54) is 7.11 Å². The van der Waals surface area contributed by atoms with Crippen molar-refractivity contribution in [2.45, 2.75) is 0 Å². The Morgan fingerprint density at radius 1 is 1.54 bits per heavy atom. The van der Waals surface area contributed by atoms with Crippen LogP contribution in [-0.2, 0) is 11.8 Å². The molecule has 0 radical (unpaired) electrons. The molecular weight excluding hydrogens is 170 g/mol. The molecule has 0 amide bonds. The smallest absolute Gasteiger partial charge is 0.358 e. The summed E-state index contributed by atoms with van der Waals surface area (Å²) in [6.07, 6.45) is 3.64. The van der Waals surface area contributed by atoms with E-state index in [4.69, 9.17) is 0 Å². The van der Waals surface area contributed by atoms with Gasteiger partial charge in [0.05, 0.1) is 7.11 Å². The van der Waals surface area contributed by atoms with Crippen LogP contribution in [0.25, 0.3) is 5.65 Å². The van der Waals surface area contributed by atoms with Crippen LogP contribution in [0.5, 0.6) is 0 Å². The monoisotopic (exact) mass is 179 g/mol. The van der Waals surface area contributed by atoms with E-state index in [0.29, 0.717) is 5.69 Å². The molecule has 2 aromatic rings. The molecule has 13 heavy (non-hydrogen) atoms. The van der Waals surface area contributed by atoms with Crippen molar-refractivity contribution in [1.29, 1.82) is 0 Å². The minimum Gasteiger partial charge on any atom is -0.464 e. The van der Waals surface area contributed by atoms with Crippen LogP contribution < -0.4 is 0 Å². The second-order valence-corrected chi connectivity index (χ2v) is 2.73. The number of aryl methyl sites for hydroxylation is 1. The van der Waals surface area contributed by atoms with Crippen LogP contribution in [-0.4, -0.2) is 27.3 Å². The van der Waals surface area contributed by atoms with E-state index in [9.17, 15) is 4.79 Å². The van der Waals surface area contributed by atoms with Gasteiger partial charge in [0.2, 0.25) is 0 Å². The van der Waals surface area contributed by atoms with Crippen LogP contribution in [0.15, 0.2) is 18.5 Å². The molecule has 0 saturated heterocycles. The van der Waals surface area contributed by atoms with Gasteiger partial charge in [-0.3, -0.25) is 0 Å². The Labute approximate surface area is 74.5 Å². The minimum atomic E-state index is -0.413. The summed E-state index contributed by atoms with van der Waals surface area (Å²) in [4.78, 5) is 11.1. The van der Waals surface area contributed by atoms with Gasteiger partial charge in [-0.25, -0.2) is 9.31 Å². The number of esters is 1. The van der Waals surface area contributed by atoms with E-state index in [0.717, 1.165) is 5.65 Å². The molecule has 2 rings (SSSR count). The second kappa shape index (κ2) is 2.62. The van der Waals surface area contributed by atoms with Crippen molar-refractivity contribution in [2.24, 2.45) is 7.05 Å². The summed E-state index contributed by atoms with van der Waals surface area (Å²) < 4.78 is 8.06. The highest BCUT2D eigenvalue weighted by Crippen LogP contribution is 2.06. The van der Waals surface area contributed by atoms with Crippen molar-refractivity contribution in [3.63, 3.8) is 0 Å². The average molecular weight is 179 g/mol. The van der Waals surface area contributed by atoms with Crippen LogP contribution in [0, 0.1) is 0 Å². The van der Waals surface area contributed by atoms with E-state index < -0.39 is 5.97 Å². The summed E-state index contributed by atoms with van der Waals surface area (Å²) in [6, 6.07) is 1.69. The Bertz CT molecular complexity index is 455. The summed E-state index contributed by atoms with van der Waals surface area (Å²) in [6.45, 7) is 0. The van der Waals surface area contributed by atoms with Gasteiger partial charge in [-0.15, -0.1) is 0 Å². The fraction of sp³-hybridized carbons (Fsp3) is 0.250. The molecule has 0 aliphatic heterocycles. The third-order valence-electron chi connectivity index (χ3n) is 1.90. The summed E-state index contributed by atoms with van der Waals surface area (Å²) in [5.74, 6) is -0.413. The van der Waals surface area contributed by atoms with Crippen molar-refractivity contribution in [3.8, 4) is 0 Å². The van der Waals surface area contributed by atoms with Crippen molar-refractivity contribution < 1.29 is 9.53 Å². The zero-order valence-electron chi connectivity index (χ0n) is 7.39. The standard InChI is InChI=1S/C8H9N3O2/c1-10-3-4-11-7(10)5-6(9-11)8(12)13-2/h3-5H,1-2H3. The quantitative estimate of drug-likeness (QED) is 0.597. The molecule has 0 atom stereocenters. The number of rotatable bonds is 1. The summed E-state index contributed by atoms with van der Waals surface area (Å²) in [5, 5.41) is 4.03. The number of aromatic nitrogens is 3. The third kappa shape index (κ3) is 1.09. The average Bonchev–Trinajstić information content (AvgIpc) is 2.67. The first-order chi connectivity index (χ1) is 6.22. The highest BCUT2D eigenvalue weighted by atomic mass is 16.5. The van der Waals surface area contributed by atoms with Gasteiger partial charge >= 0.3 is 5.97 Å². The molecule has 5 nitrogen and oxygen atoms in total. The van der Waals surface area contributed by atoms with Crippen LogP contribution in [0.1, 0.15) is 10.5 Å². The van der Waals surface area contributed by atoms with E-state index in [-0.39, 0.29) is 0 Å². The third-order valence-corrected chi connectivity index (χ3v) is 1.90. The highest BCUT2D eigenvalue weighted by molar-refractivity contribution is 5.88. The molecule has 0 aliphatic rings. The number of methoxy groups -OCH3 is 1. The summed E-state index contributed by atoms with van der Waals surface area (Å²) in [5.41, 5.74) is 1.19. The summed E-state index contributed by atoms with van der Waals surface area (Å²) in [7, 11) is 3.23. The lowest BCUT2D eigenvalue weighted by Crippen LogP contribution is -2.01. The minimum absolute atomic E-state index is 0.328. The maximum Gasteiger partial charge on any atom is 0.358 e. The van der Waals surface area contributed by atoms with Crippen molar-refractivity contribution in [2.75, 3.05) is 7.11 Å². The predicted molar refractivity (Wildman–Crippen MR) is 45.5 cm³/mol. The van der Waals surface area contributed by atoms with Crippen LogP contribution >= 0.6 is 0 Å². The first kappa shape index (κ1) is 7.85. The molecule has 0 bridgehead atoms. The number of carbonyl (C=O) groups excluding carboxylic acids is 1. The number of nitrogens with zero attached hydrogens (tertiary/aromatic N) is 3. The lowest BCUT2D eigenvalue weighted by molar-refractivity contribution is 0.0593. The Morgan fingerprint density at radius 2 is 2.31 bits per heavy atom.